The molecule has 1 amide bonds. The van der Waals surface area contributed by atoms with Gasteiger partial charge in [-0.25, -0.2) is 9.97 Å². The summed E-state index contributed by atoms with van der Waals surface area (Å²) in [6.07, 6.45) is 1.45. The van der Waals surface area contributed by atoms with Crippen molar-refractivity contribution < 1.29 is 9.53 Å². The maximum Gasteiger partial charge on any atom is 0.234 e. The van der Waals surface area contributed by atoms with Gasteiger partial charge in [0.2, 0.25) is 5.91 Å². The molecule has 0 aliphatic rings. The molecule has 4 aromatic rings. The molecule has 8 nitrogen and oxygen atoms in total. The summed E-state index contributed by atoms with van der Waals surface area (Å²) in [5.74, 6) is 0.792. The summed E-state index contributed by atoms with van der Waals surface area (Å²) in [7, 11) is 1.61. The van der Waals surface area contributed by atoms with Crippen LogP contribution in [0.1, 0.15) is 5.56 Å². The first-order chi connectivity index (χ1) is 14.1. The molecule has 0 aliphatic carbocycles. The number of methoxy groups -OCH3 is 1. The Hall–Kier alpha value is -3.46. The molecule has 146 valence electrons. The quantitative estimate of drug-likeness (QED) is 0.388. The van der Waals surface area contributed by atoms with Crippen molar-refractivity contribution in [2.45, 2.75) is 11.9 Å². The molecule has 0 bridgehead atoms. The van der Waals surface area contributed by atoms with Gasteiger partial charge in [-0.3, -0.25) is 4.79 Å². The van der Waals surface area contributed by atoms with E-state index in [1.54, 1.807) is 11.8 Å². The molecule has 0 spiro atoms. The van der Waals surface area contributed by atoms with Crippen LogP contribution in [0.4, 0.5) is 5.69 Å². The van der Waals surface area contributed by atoms with Crippen molar-refractivity contribution in [1.82, 2.24) is 25.0 Å². The first-order valence-corrected chi connectivity index (χ1v) is 9.83. The van der Waals surface area contributed by atoms with E-state index in [1.807, 2.05) is 55.5 Å². The molecule has 0 saturated carbocycles. The number of nitrogens with zero attached hydrogens (tertiary/aromatic N) is 5. The minimum absolute atomic E-state index is 0.120. The van der Waals surface area contributed by atoms with Crippen molar-refractivity contribution in [3.8, 4) is 11.4 Å². The first-order valence-electron chi connectivity index (χ1n) is 8.84. The van der Waals surface area contributed by atoms with E-state index < -0.39 is 0 Å². The average molecular weight is 406 g/mol. The van der Waals surface area contributed by atoms with Crippen LogP contribution in [0.5, 0.6) is 5.75 Å². The van der Waals surface area contributed by atoms with Gasteiger partial charge < -0.3 is 10.1 Å². The standard InChI is InChI=1S/C20H18N6O2S/c1-13-6-8-14(9-7-13)23-17(27)11-29-20-18-19(21-12-22-20)26(25-24-18)15-4-3-5-16(10-15)28-2/h3-10,12H,11H2,1-2H3,(H,23,27). The Morgan fingerprint density at radius 2 is 2.00 bits per heavy atom. The topological polar surface area (TPSA) is 94.8 Å². The van der Waals surface area contributed by atoms with Gasteiger partial charge in [0.05, 0.1) is 18.6 Å². The molecule has 29 heavy (non-hydrogen) atoms. The number of nitrogens with one attached hydrogen (secondary N) is 1. The summed E-state index contributed by atoms with van der Waals surface area (Å²) < 4.78 is 6.89. The van der Waals surface area contributed by atoms with Crippen LogP contribution in [-0.2, 0) is 4.79 Å². The number of carbonyl (C=O) groups is 1. The molecule has 2 heterocycles. The Bertz CT molecular complexity index is 1160. The number of hydrogen-bond donors (Lipinski definition) is 1. The van der Waals surface area contributed by atoms with Crippen LogP contribution in [0.25, 0.3) is 16.9 Å². The zero-order valence-electron chi connectivity index (χ0n) is 15.9. The molecule has 0 atom stereocenters. The van der Waals surface area contributed by atoms with Crippen molar-refractivity contribution in [3.05, 3.63) is 60.4 Å². The average Bonchev–Trinajstić information content (AvgIpc) is 3.19. The maximum atomic E-state index is 12.3. The van der Waals surface area contributed by atoms with Crippen molar-refractivity contribution in [2.24, 2.45) is 0 Å². The van der Waals surface area contributed by atoms with Crippen LogP contribution in [0.3, 0.4) is 0 Å². The third-order valence-electron chi connectivity index (χ3n) is 4.18. The van der Waals surface area contributed by atoms with Gasteiger partial charge in [0.1, 0.15) is 17.1 Å². The molecule has 4 rings (SSSR count). The largest absolute Gasteiger partial charge is 0.497 e. The number of carbonyl (C=O) groups excluding carboxylic acids is 1. The van der Waals surface area contributed by atoms with E-state index >= 15 is 0 Å². The van der Waals surface area contributed by atoms with E-state index in [0.717, 1.165) is 16.9 Å². The first kappa shape index (κ1) is 18.9. The van der Waals surface area contributed by atoms with E-state index in [0.29, 0.717) is 21.9 Å². The van der Waals surface area contributed by atoms with Crippen molar-refractivity contribution in [3.63, 3.8) is 0 Å². The third-order valence-corrected chi connectivity index (χ3v) is 5.16. The van der Waals surface area contributed by atoms with Gasteiger partial charge in [0.15, 0.2) is 11.2 Å². The molecule has 2 aromatic heterocycles. The van der Waals surface area contributed by atoms with Crippen LogP contribution in [0.2, 0.25) is 0 Å². The highest BCUT2D eigenvalue weighted by molar-refractivity contribution is 8.00. The van der Waals surface area contributed by atoms with E-state index in [-0.39, 0.29) is 11.7 Å². The second-order valence-corrected chi connectivity index (χ2v) is 7.22. The third kappa shape index (κ3) is 4.19. The highest BCUT2D eigenvalue weighted by Crippen LogP contribution is 2.25. The Balaban J connectivity index is 1.52. The van der Waals surface area contributed by atoms with E-state index in [2.05, 4.69) is 25.6 Å². The molecular formula is C20H18N6O2S. The maximum absolute atomic E-state index is 12.3. The zero-order valence-corrected chi connectivity index (χ0v) is 16.7. The molecule has 0 unspecified atom stereocenters. The van der Waals surface area contributed by atoms with Crippen LogP contribution < -0.4 is 10.1 Å². The number of benzene rings is 2. The van der Waals surface area contributed by atoms with E-state index in [1.165, 1.54) is 18.1 Å². The Labute approximate surface area is 171 Å². The number of aromatic nitrogens is 5. The number of ether oxygens (including phenoxy) is 1. The van der Waals surface area contributed by atoms with Gasteiger partial charge in [0, 0.05) is 11.8 Å². The number of fused-ring (bicyclic) bond motifs is 1. The second kappa shape index (κ2) is 8.27. The Morgan fingerprint density at radius 1 is 1.17 bits per heavy atom. The summed E-state index contributed by atoms with van der Waals surface area (Å²) in [5, 5.41) is 11.9. The molecule has 0 fully saturated rings. The predicted molar refractivity (Wildman–Crippen MR) is 112 cm³/mol. The summed E-state index contributed by atoms with van der Waals surface area (Å²) in [6.45, 7) is 2.00. The van der Waals surface area contributed by atoms with Gasteiger partial charge >= 0.3 is 0 Å². The number of aryl methyl sites for hydroxylation is 1. The highest BCUT2D eigenvalue weighted by Gasteiger charge is 2.15. The predicted octanol–water partition coefficient (Wildman–Crippen LogP) is 3.26. The smallest absolute Gasteiger partial charge is 0.234 e. The number of hydrogen-bond acceptors (Lipinski definition) is 7. The number of thioether (sulfide) groups is 1. The summed E-state index contributed by atoms with van der Waals surface area (Å²) in [4.78, 5) is 20.9. The summed E-state index contributed by atoms with van der Waals surface area (Å²) >= 11 is 1.29. The van der Waals surface area contributed by atoms with Gasteiger partial charge in [-0.05, 0) is 31.2 Å². The normalized spacial score (nSPS) is 10.8. The summed E-state index contributed by atoms with van der Waals surface area (Å²) in [6, 6.07) is 15.1. The van der Waals surface area contributed by atoms with E-state index in [9.17, 15) is 4.79 Å². The van der Waals surface area contributed by atoms with Gasteiger partial charge in [-0.1, -0.05) is 40.7 Å². The van der Waals surface area contributed by atoms with Gasteiger partial charge in [0.25, 0.3) is 0 Å². The fraction of sp³-hybridized carbons (Fsp3) is 0.150. The molecule has 0 radical (unpaired) electrons. The highest BCUT2D eigenvalue weighted by atomic mass is 32.2. The molecule has 2 aromatic carbocycles. The Kier molecular flexibility index (Phi) is 5.39. The molecular weight excluding hydrogens is 388 g/mol. The lowest BCUT2D eigenvalue weighted by Crippen LogP contribution is -2.14. The summed E-state index contributed by atoms with van der Waals surface area (Å²) in [5.41, 5.74) is 3.79. The number of rotatable bonds is 6. The van der Waals surface area contributed by atoms with Gasteiger partial charge in [-0.2, -0.15) is 4.68 Å². The molecule has 0 saturated heterocycles. The fourth-order valence-corrected chi connectivity index (χ4v) is 3.45. The van der Waals surface area contributed by atoms with Crippen LogP contribution >= 0.6 is 11.8 Å². The molecule has 1 N–H and O–H groups in total. The van der Waals surface area contributed by atoms with Crippen molar-refractivity contribution in [1.29, 1.82) is 0 Å². The van der Waals surface area contributed by atoms with Crippen LogP contribution in [0.15, 0.2) is 59.9 Å². The fourth-order valence-electron chi connectivity index (χ4n) is 2.72. The molecule has 0 aliphatic heterocycles. The lowest BCUT2D eigenvalue weighted by Gasteiger charge is -2.06. The SMILES string of the molecule is COc1cccc(-n2nnc3c(SCC(=O)Nc4ccc(C)cc4)ncnc32)c1. The molecule has 9 heteroatoms. The number of anilines is 1. The minimum atomic E-state index is -0.120. The van der Waals surface area contributed by atoms with Crippen molar-refractivity contribution >= 4 is 34.5 Å². The van der Waals surface area contributed by atoms with Crippen molar-refractivity contribution in [2.75, 3.05) is 18.2 Å². The monoisotopic (exact) mass is 406 g/mol. The minimum Gasteiger partial charge on any atom is -0.497 e. The second-order valence-electron chi connectivity index (χ2n) is 6.26. The zero-order chi connectivity index (χ0) is 20.2. The number of amides is 1. The van der Waals surface area contributed by atoms with E-state index in [4.69, 9.17) is 4.74 Å². The van der Waals surface area contributed by atoms with Crippen LogP contribution in [-0.4, -0.2) is 43.7 Å². The van der Waals surface area contributed by atoms with Gasteiger partial charge in [-0.15, -0.1) is 5.10 Å². The lowest BCUT2D eigenvalue weighted by molar-refractivity contribution is -0.113. The lowest BCUT2D eigenvalue weighted by atomic mass is 10.2. The van der Waals surface area contributed by atoms with Crippen LogP contribution in [0, 0.1) is 6.92 Å². The Morgan fingerprint density at radius 3 is 2.79 bits per heavy atom.